The highest BCUT2D eigenvalue weighted by Crippen LogP contribution is 2.34. The number of benzene rings is 2. The summed E-state index contributed by atoms with van der Waals surface area (Å²) < 4.78 is 0. The lowest BCUT2D eigenvalue weighted by molar-refractivity contribution is -0.143. The van der Waals surface area contributed by atoms with Gasteiger partial charge >= 0.3 is 5.97 Å². The van der Waals surface area contributed by atoms with Gasteiger partial charge in [0.1, 0.15) is 6.04 Å². The monoisotopic (exact) mass is 281 g/mol. The van der Waals surface area contributed by atoms with Crippen molar-refractivity contribution >= 4 is 5.97 Å². The van der Waals surface area contributed by atoms with Gasteiger partial charge in [-0.15, -0.1) is 0 Å². The summed E-state index contributed by atoms with van der Waals surface area (Å²) in [4.78, 5) is 13.4. The van der Waals surface area contributed by atoms with Crippen molar-refractivity contribution in [1.29, 1.82) is 0 Å². The number of fused-ring (bicyclic) bond motifs is 1. The van der Waals surface area contributed by atoms with E-state index in [0.717, 1.165) is 6.54 Å². The molecule has 2 aromatic carbocycles. The van der Waals surface area contributed by atoms with Gasteiger partial charge in [-0.05, 0) is 23.6 Å². The van der Waals surface area contributed by atoms with Gasteiger partial charge in [-0.25, -0.2) is 0 Å². The summed E-state index contributed by atoms with van der Waals surface area (Å²) in [5.41, 5.74) is 3.79. The summed E-state index contributed by atoms with van der Waals surface area (Å²) in [6, 6.07) is 18.2. The third kappa shape index (κ3) is 2.69. The summed E-state index contributed by atoms with van der Waals surface area (Å²) in [6.45, 7) is 3.21. The lowest BCUT2D eigenvalue weighted by Crippen LogP contribution is -2.43. The highest BCUT2D eigenvalue weighted by Gasteiger charge is 2.31. The smallest absolute Gasteiger partial charge is 0.320 e. The number of carboxylic acids is 1. The van der Waals surface area contributed by atoms with Crippen LogP contribution in [-0.2, 0) is 11.3 Å². The van der Waals surface area contributed by atoms with Gasteiger partial charge in [-0.3, -0.25) is 9.69 Å². The molecule has 0 saturated heterocycles. The second kappa shape index (κ2) is 5.70. The third-order valence-electron chi connectivity index (χ3n) is 4.33. The fourth-order valence-electron chi connectivity index (χ4n) is 3.06. The van der Waals surface area contributed by atoms with Crippen molar-refractivity contribution in [3.05, 3.63) is 71.3 Å². The van der Waals surface area contributed by atoms with Gasteiger partial charge in [0.25, 0.3) is 0 Å². The SMILES string of the molecule is C[C@H](C(=O)O)N1Cc2ccccc2[C@H](c2ccccc2)C1. The average molecular weight is 281 g/mol. The first-order valence-corrected chi connectivity index (χ1v) is 7.26. The van der Waals surface area contributed by atoms with Crippen LogP contribution < -0.4 is 0 Å². The van der Waals surface area contributed by atoms with Crippen molar-refractivity contribution in [2.24, 2.45) is 0 Å². The number of carboxylic acid groups (broad SMARTS) is 1. The highest BCUT2D eigenvalue weighted by molar-refractivity contribution is 5.73. The maximum absolute atomic E-state index is 11.3. The molecule has 3 rings (SSSR count). The van der Waals surface area contributed by atoms with Crippen LogP contribution in [-0.4, -0.2) is 28.6 Å². The molecule has 1 aliphatic heterocycles. The molecule has 0 spiro atoms. The summed E-state index contributed by atoms with van der Waals surface area (Å²) >= 11 is 0. The Bertz CT molecular complexity index is 639. The van der Waals surface area contributed by atoms with Crippen LogP contribution in [0.15, 0.2) is 54.6 Å². The van der Waals surface area contributed by atoms with E-state index in [1.165, 1.54) is 16.7 Å². The van der Waals surface area contributed by atoms with Crippen LogP contribution >= 0.6 is 0 Å². The molecule has 0 fully saturated rings. The standard InChI is InChI=1S/C18H19NO2/c1-13(18(20)21)19-11-15-9-5-6-10-16(15)17(12-19)14-7-3-2-4-8-14/h2-10,13,17H,11-12H2,1H3,(H,20,21)/t13-,17+/m1/s1. The van der Waals surface area contributed by atoms with Crippen LogP contribution in [0.4, 0.5) is 0 Å². The van der Waals surface area contributed by atoms with E-state index in [4.69, 9.17) is 0 Å². The van der Waals surface area contributed by atoms with E-state index in [1.54, 1.807) is 6.92 Å². The van der Waals surface area contributed by atoms with Gasteiger partial charge in [0.05, 0.1) is 0 Å². The minimum atomic E-state index is -0.763. The number of hydrogen-bond acceptors (Lipinski definition) is 2. The van der Waals surface area contributed by atoms with Crippen LogP contribution in [0.1, 0.15) is 29.5 Å². The Hall–Kier alpha value is -2.13. The Morgan fingerprint density at radius 3 is 2.52 bits per heavy atom. The molecule has 3 heteroatoms. The Kier molecular flexibility index (Phi) is 3.76. The summed E-state index contributed by atoms with van der Waals surface area (Å²) in [5, 5.41) is 9.30. The van der Waals surface area contributed by atoms with Crippen LogP contribution in [0, 0.1) is 0 Å². The third-order valence-corrected chi connectivity index (χ3v) is 4.33. The fourth-order valence-corrected chi connectivity index (χ4v) is 3.06. The van der Waals surface area contributed by atoms with Crippen molar-refractivity contribution in [3.63, 3.8) is 0 Å². The molecule has 108 valence electrons. The maximum atomic E-state index is 11.3. The Morgan fingerprint density at radius 1 is 1.14 bits per heavy atom. The van der Waals surface area contributed by atoms with Gasteiger partial charge in [0, 0.05) is 19.0 Å². The van der Waals surface area contributed by atoms with E-state index in [2.05, 4.69) is 30.3 Å². The molecule has 1 aliphatic rings. The normalized spacial score (nSPS) is 19.8. The molecule has 21 heavy (non-hydrogen) atoms. The van der Waals surface area contributed by atoms with Gasteiger partial charge in [0.2, 0.25) is 0 Å². The summed E-state index contributed by atoms with van der Waals surface area (Å²) in [5.74, 6) is -0.529. The van der Waals surface area contributed by atoms with Crippen LogP contribution in [0.3, 0.4) is 0 Å². The number of carbonyl (C=O) groups is 1. The molecule has 0 aromatic heterocycles. The molecule has 0 saturated carbocycles. The minimum Gasteiger partial charge on any atom is -0.480 e. The van der Waals surface area contributed by atoms with Crippen molar-refractivity contribution in [1.82, 2.24) is 4.90 Å². The first-order chi connectivity index (χ1) is 10.2. The van der Waals surface area contributed by atoms with Gasteiger partial charge in [0.15, 0.2) is 0 Å². The first kappa shape index (κ1) is 13.8. The summed E-state index contributed by atoms with van der Waals surface area (Å²) in [7, 11) is 0. The fraction of sp³-hybridized carbons (Fsp3) is 0.278. The average Bonchev–Trinajstić information content (AvgIpc) is 2.53. The molecule has 2 aromatic rings. The molecule has 0 bridgehead atoms. The minimum absolute atomic E-state index is 0.234. The predicted molar refractivity (Wildman–Crippen MR) is 82.2 cm³/mol. The zero-order valence-corrected chi connectivity index (χ0v) is 12.1. The molecule has 0 aliphatic carbocycles. The van der Waals surface area contributed by atoms with Gasteiger partial charge < -0.3 is 5.11 Å². The van der Waals surface area contributed by atoms with Crippen LogP contribution in [0.5, 0.6) is 0 Å². The quantitative estimate of drug-likeness (QED) is 0.939. The molecule has 0 radical (unpaired) electrons. The van der Waals surface area contributed by atoms with E-state index >= 15 is 0 Å². The van der Waals surface area contributed by atoms with Crippen molar-refractivity contribution in [3.8, 4) is 0 Å². The molecule has 1 heterocycles. The number of nitrogens with zero attached hydrogens (tertiary/aromatic N) is 1. The predicted octanol–water partition coefficient (Wildman–Crippen LogP) is 3.11. The van der Waals surface area contributed by atoms with Gasteiger partial charge in [-0.2, -0.15) is 0 Å². The molecular formula is C18H19NO2. The molecular weight excluding hydrogens is 262 g/mol. The Morgan fingerprint density at radius 2 is 1.81 bits per heavy atom. The Labute approximate surface area is 124 Å². The lowest BCUT2D eigenvalue weighted by Gasteiger charge is -2.37. The number of hydrogen-bond donors (Lipinski definition) is 1. The van der Waals surface area contributed by atoms with Gasteiger partial charge in [-0.1, -0.05) is 54.6 Å². The maximum Gasteiger partial charge on any atom is 0.320 e. The molecule has 3 nitrogen and oxygen atoms in total. The van der Waals surface area contributed by atoms with E-state index < -0.39 is 12.0 Å². The largest absolute Gasteiger partial charge is 0.480 e. The zero-order chi connectivity index (χ0) is 14.8. The second-order valence-electron chi connectivity index (χ2n) is 5.61. The Balaban J connectivity index is 2.00. The first-order valence-electron chi connectivity index (χ1n) is 7.26. The zero-order valence-electron chi connectivity index (χ0n) is 12.1. The topological polar surface area (TPSA) is 40.5 Å². The molecule has 0 amide bonds. The van der Waals surface area contributed by atoms with Crippen molar-refractivity contribution < 1.29 is 9.90 Å². The molecule has 2 atom stereocenters. The van der Waals surface area contributed by atoms with Crippen molar-refractivity contribution in [2.45, 2.75) is 25.4 Å². The summed E-state index contributed by atoms with van der Waals surface area (Å²) in [6.07, 6.45) is 0. The van der Waals surface area contributed by atoms with E-state index in [9.17, 15) is 9.90 Å². The lowest BCUT2D eigenvalue weighted by atomic mass is 9.84. The molecule has 1 N–H and O–H groups in total. The van der Waals surface area contributed by atoms with Crippen LogP contribution in [0.25, 0.3) is 0 Å². The van der Waals surface area contributed by atoms with Crippen LogP contribution in [0.2, 0.25) is 0 Å². The van der Waals surface area contributed by atoms with E-state index in [1.807, 2.05) is 29.2 Å². The highest BCUT2D eigenvalue weighted by atomic mass is 16.4. The number of rotatable bonds is 3. The van der Waals surface area contributed by atoms with E-state index in [-0.39, 0.29) is 5.92 Å². The molecule has 0 unspecified atom stereocenters. The second-order valence-corrected chi connectivity index (χ2v) is 5.61. The number of aliphatic carboxylic acids is 1. The van der Waals surface area contributed by atoms with E-state index in [0.29, 0.717) is 6.54 Å². The van der Waals surface area contributed by atoms with Crippen molar-refractivity contribution in [2.75, 3.05) is 6.54 Å².